The Morgan fingerprint density at radius 3 is 2.62 bits per heavy atom. The molecule has 0 unspecified atom stereocenters. The van der Waals surface area contributed by atoms with Gasteiger partial charge in [0, 0.05) is 12.1 Å². The number of benzene rings is 2. The molecule has 0 spiro atoms. The van der Waals surface area contributed by atoms with E-state index in [1.54, 1.807) is 0 Å². The van der Waals surface area contributed by atoms with Gasteiger partial charge in [-0.25, -0.2) is 0 Å². The summed E-state index contributed by atoms with van der Waals surface area (Å²) >= 11 is 0. The Morgan fingerprint density at radius 2 is 1.81 bits per heavy atom. The van der Waals surface area contributed by atoms with Crippen molar-refractivity contribution in [1.29, 1.82) is 0 Å². The van der Waals surface area contributed by atoms with E-state index in [-0.39, 0.29) is 5.91 Å². The van der Waals surface area contributed by atoms with E-state index >= 15 is 0 Å². The van der Waals surface area contributed by atoms with Crippen LogP contribution in [0.4, 0.5) is 0 Å². The van der Waals surface area contributed by atoms with Crippen LogP contribution in [0.15, 0.2) is 66.2 Å². The lowest BCUT2D eigenvalue weighted by atomic mass is 9.97. The third kappa shape index (κ3) is 5.76. The van der Waals surface area contributed by atoms with Gasteiger partial charge in [-0.05, 0) is 43.7 Å². The van der Waals surface area contributed by atoms with Crippen LogP contribution in [0.25, 0.3) is 0 Å². The third-order valence-electron chi connectivity index (χ3n) is 4.71. The molecule has 0 bridgehead atoms. The number of nitrogens with one attached hydrogen (secondary N) is 1. The van der Waals surface area contributed by atoms with Crippen molar-refractivity contribution in [3.8, 4) is 5.75 Å². The first-order valence-electron chi connectivity index (χ1n) is 9.50. The summed E-state index contributed by atoms with van der Waals surface area (Å²) in [5, 5.41) is 3.04. The molecule has 2 aromatic rings. The van der Waals surface area contributed by atoms with Crippen molar-refractivity contribution in [3.63, 3.8) is 0 Å². The van der Waals surface area contributed by atoms with Gasteiger partial charge in [-0.1, -0.05) is 60.2 Å². The average Bonchev–Trinajstić information content (AvgIpc) is 2.69. The van der Waals surface area contributed by atoms with Gasteiger partial charge in [-0.3, -0.25) is 4.79 Å². The summed E-state index contributed by atoms with van der Waals surface area (Å²) in [5.41, 5.74) is 3.54. The maximum absolute atomic E-state index is 12.3. The fourth-order valence-electron chi connectivity index (χ4n) is 3.26. The van der Waals surface area contributed by atoms with Crippen LogP contribution in [0.1, 0.15) is 43.2 Å². The minimum atomic E-state index is 0.0529. The van der Waals surface area contributed by atoms with Crippen LogP contribution in [-0.2, 0) is 17.8 Å². The second kappa shape index (κ2) is 9.81. The van der Waals surface area contributed by atoms with Crippen LogP contribution in [0.5, 0.6) is 5.75 Å². The molecule has 1 amide bonds. The first-order chi connectivity index (χ1) is 12.8. The molecule has 0 radical (unpaired) electrons. The molecule has 1 aliphatic carbocycles. The fraction of sp³-hybridized carbons (Fsp3) is 0.348. The van der Waals surface area contributed by atoms with Gasteiger partial charge in [0.15, 0.2) is 0 Å². The summed E-state index contributed by atoms with van der Waals surface area (Å²) in [7, 11) is 0. The molecule has 0 aromatic heterocycles. The van der Waals surface area contributed by atoms with E-state index in [2.05, 4.69) is 11.4 Å². The van der Waals surface area contributed by atoms with Crippen LogP contribution in [0, 0.1) is 0 Å². The molecule has 0 fully saturated rings. The van der Waals surface area contributed by atoms with E-state index in [9.17, 15) is 4.79 Å². The van der Waals surface area contributed by atoms with E-state index in [1.165, 1.54) is 31.3 Å². The summed E-state index contributed by atoms with van der Waals surface area (Å²) in [5.74, 6) is 0.832. The zero-order chi connectivity index (χ0) is 18.0. The molecular formula is C23H27NO2. The molecule has 2 aromatic carbocycles. The summed E-state index contributed by atoms with van der Waals surface area (Å²) < 4.78 is 5.93. The van der Waals surface area contributed by atoms with Crippen molar-refractivity contribution >= 4 is 5.91 Å². The zero-order valence-corrected chi connectivity index (χ0v) is 15.2. The van der Waals surface area contributed by atoms with Crippen LogP contribution in [-0.4, -0.2) is 12.5 Å². The molecular weight excluding hydrogens is 322 g/mol. The largest absolute Gasteiger partial charge is 0.489 e. The van der Waals surface area contributed by atoms with Gasteiger partial charge < -0.3 is 10.1 Å². The second-order valence-corrected chi connectivity index (χ2v) is 6.77. The van der Waals surface area contributed by atoms with Gasteiger partial charge in [-0.2, -0.15) is 0 Å². The van der Waals surface area contributed by atoms with E-state index in [1.807, 2.05) is 54.6 Å². The van der Waals surface area contributed by atoms with Crippen molar-refractivity contribution in [2.24, 2.45) is 0 Å². The topological polar surface area (TPSA) is 38.3 Å². The molecule has 3 nitrogen and oxygen atoms in total. The minimum Gasteiger partial charge on any atom is -0.489 e. The summed E-state index contributed by atoms with van der Waals surface area (Å²) in [6, 6.07) is 17.8. The number of carbonyl (C=O) groups excluding carboxylic acids is 1. The van der Waals surface area contributed by atoms with Gasteiger partial charge in [0.25, 0.3) is 0 Å². The zero-order valence-electron chi connectivity index (χ0n) is 15.2. The van der Waals surface area contributed by atoms with Crippen LogP contribution in [0.2, 0.25) is 0 Å². The molecule has 3 rings (SSSR count). The Kier molecular flexibility index (Phi) is 6.88. The Labute approximate surface area is 156 Å². The molecule has 0 saturated carbocycles. The van der Waals surface area contributed by atoms with E-state index in [4.69, 9.17) is 4.74 Å². The van der Waals surface area contributed by atoms with E-state index in [0.717, 1.165) is 29.8 Å². The number of allylic oxidation sites excluding steroid dienone is 1. The lowest BCUT2D eigenvalue weighted by Gasteiger charge is -2.14. The molecule has 0 aliphatic heterocycles. The van der Waals surface area contributed by atoms with Gasteiger partial charge >= 0.3 is 0 Å². The number of para-hydroxylation sites is 1. The Balaban J connectivity index is 1.49. The first-order valence-corrected chi connectivity index (χ1v) is 9.50. The maximum atomic E-state index is 12.3. The van der Waals surface area contributed by atoms with Crippen molar-refractivity contribution in [2.45, 2.75) is 45.1 Å². The molecule has 1 N–H and O–H groups in total. The Hall–Kier alpha value is -2.55. The van der Waals surface area contributed by atoms with Crippen molar-refractivity contribution in [3.05, 3.63) is 77.4 Å². The predicted octanol–water partition coefficient (Wildman–Crippen LogP) is 4.81. The SMILES string of the molecule is O=C(Cc1ccccc1OCc1ccccc1)NCCC1=CCCCC1. The van der Waals surface area contributed by atoms with Crippen LogP contribution in [0.3, 0.4) is 0 Å². The van der Waals surface area contributed by atoms with Crippen LogP contribution >= 0.6 is 0 Å². The summed E-state index contributed by atoms with van der Waals surface area (Å²) in [6.45, 7) is 1.23. The highest BCUT2D eigenvalue weighted by Crippen LogP contribution is 2.21. The van der Waals surface area contributed by atoms with Crippen LogP contribution < -0.4 is 10.1 Å². The third-order valence-corrected chi connectivity index (χ3v) is 4.71. The van der Waals surface area contributed by atoms with E-state index < -0.39 is 0 Å². The molecule has 3 heteroatoms. The van der Waals surface area contributed by atoms with Gasteiger partial charge in [0.1, 0.15) is 12.4 Å². The quantitative estimate of drug-likeness (QED) is 0.694. The maximum Gasteiger partial charge on any atom is 0.224 e. The first kappa shape index (κ1) is 18.2. The standard InChI is InChI=1S/C23H27NO2/c25-23(24-16-15-19-9-3-1-4-10-19)17-21-13-7-8-14-22(21)26-18-20-11-5-2-6-12-20/h2,5-9,11-14H,1,3-4,10,15-18H2,(H,24,25). The normalized spacial score (nSPS) is 13.8. The number of hydrogen-bond acceptors (Lipinski definition) is 2. The van der Waals surface area contributed by atoms with Crippen molar-refractivity contribution < 1.29 is 9.53 Å². The van der Waals surface area contributed by atoms with Gasteiger partial charge in [0.2, 0.25) is 5.91 Å². The predicted molar refractivity (Wildman–Crippen MR) is 105 cm³/mol. The molecule has 26 heavy (non-hydrogen) atoms. The number of hydrogen-bond donors (Lipinski definition) is 1. The minimum absolute atomic E-state index is 0.0529. The highest BCUT2D eigenvalue weighted by molar-refractivity contribution is 5.79. The van der Waals surface area contributed by atoms with Crippen molar-refractivity contribution in [1.82, 2.24) is 5.32 Å². The lowest BCUT2D eigenvalue weighted by Crippen LogP contribution is -2.26. The monoisotopic (exact) mass is 349 g/mol. The molecule has 136 valence electrons. The smallest absolute Gasteiger partial charge is 0.224 e. The number of rotatable bonds is 8. The highest BCUT2D eigenvalue weighted by Gasteiger charge is 2.10. The highest BCUT2D eigenvalue weighted by atomic mass is 16.5. The Bertz CT molecular complexity index is 737. The average molecular weight is 349 g/mol. The van der Waals surface area contributed by atoms with Gasteiger partial charge in [0.05, 0.1) is 6.42 Å². The summed E-state index contributed by atoms with van der Waals surface area (Å²) in [4.78, 5) is 12.3. The number of ether oxygens (including phenoxy) is 1. The van der Waals surface area contributed by atoms with Gasteiger partial charge in [-0.15, -0.1) is 0 Å². The molecule has 0 heterocycles. The lowest BCUT2D eigenvalue weighted by molar-refractivity contribution is -0.120. The molecule has 0 atom stereocenters. The Morgan fingerprint density at radius 1 is 1.00 bits per heavy atom. The fourth-order valence-corrected chi connectivity index (χ4v) is 3.26. The number of amides is 1. The molecule has 1 aliphatic rings. The van der Waals surface area contributed by atoms with E-state index in [0.29, 0.717) is 13.0 Å². The van der Waals surface area contributed by atoms with Crippen molar-refractivity contribution in [2.75, 3.05) is 6.54 Å². The second-order valence-electron chi connectivity index (χ2n) is 6.77. The summed E-state index contributed by atoms with van der Waals surface area (Å²) in [6.07, 6.45) is 8.62. The molecule has 0 saturated heterocycles. The number of carbonyl (C=O) groups is 1.